The molecule has 1 aromatic heterocycles. The first-order valence-electron chi connectivity index (χ1n) is 7.70. The number of nitrogens with zero attached hydrogens (tertiary/aromatic N) is 3. The van der Waals surface area contributed by atoms with Crippen LogP contribution in [-0.4, -0.2) is 23.3 Å². The lowest BCUT2D eigenvalue weighted by Crippen LogP contribution is -2.25. The monoisotopic (exact) mass is 320 g/mol. The number of carbonyl (C=O) groups is 2. The number of amides is 2. The highest BCUT2D eigenvalue weighted by Gasteiger charge is 2.22. The Balaban J connectivity index is 1.67. The molecule has 1 aliphatic heterocycles. The van der Waals surface area contributed by atoms with Crippen LogP contribution in [0.2, 0.25) is 0 Å². The summed E-state index contributed by atoms with van der Waals surface area (Å²) in [5.41, 5.74) is 2.46. The minimum absolute atomic E-state index is 0.103. The van der Waals surface area contributed by atoms with Crippen molar-refractivity contribution in [3.05, 3.63) is 59.4 Å². The van der Waals surface area contributed by atoms with E-state index in [2.05, 4.69) is 10.3 Å². The van der Waals surface area contributed by atoms with E-state index in [1.165, 1.54) is 0 Å². The summed E-state index contributed by atoms with van der Waals surface area (Å²) in [6.45, 7) is 1.01. The number of benzene rings is 1. The number of aromatic nitrogens is 1. The smallest absolute Gasteiger partial charge is 0.251 e. The maximum absolute atomic E-state index is 12.2. The summed E-state index contributed by atoms with van der Waals surface area (Å²) in [5.74, 6) is -0.152. The summed E-state index contributed by atoms with van der Waals surface area (Å²) in [6, 6.07) is 10.4. The van der Waals surface area contributed by atoms with Gasteiger partial charge in [-0.15, -0.1) is 0 Å². The van der Waals surface area contributed by atoms with Gasteiger partial charge >= 0.3 is 0 Å². The number of carbonyl (C=O) groups excluding carboxylic acids is 2. The number of rotatable bonds is 4. The van der Waals surface area contributed by atoms with Crippen molar-refractivity contribution in [1.82, 2.24) is 10.3 Å². The minimum Gasteiger partial charge on any atom is -0.348 e. The number of pyridine rings is 1. The Hall–Kier alpha value is -3.20. The van der Waals surface area contributed by atoms with Crippen LogP contribution in [0.15, 0.2) is 42.7 Å². The first-order valence-corrected chi connectivity index (χ1v) is 7.70. The quantitative estimate of drug-likeness (QED) is 0.933. The zero-order valence-electron chi connectivity index (χ0n) is 13.0. The van der Waals surface area contributed by atoms with Gasteiger partial charge in [-0.05, 0) is 36.2 Å². The molecule has 6 heteroatoms. The van der Waals surface area contributed by atoms with Gasteiger partial charge in [0.1, 0.15) is 0 Å². The fourth-order valence-electron chi connectivity index (χ4n) is 2.65. The van der Waals surface area contributed by atoms with Gasteiger partial charge in [0.25, 0.3) is 5.91 Å². The van der Waals surface area contributed by atoms with Gasteiger partial charge in [-0.25, -0.2) is 0 Å². The lowest BCUT2D eigenvalue weighted by Gasteiger charge is -2.16. The predicted molar refractivity (Wildman–Crippen MR) is 88.2 cm³/mol. The van der Waals surface area contributed by atoms with Crippen molar-refractivity contribution in [1.29, 1.82) is 5.26 Å². The van der Waals surface area contributed by atoms with Gasteiger partial charge in [-0.2, -0.15) is 5.26 Å². The first-order chi connectivity index (χ1) is 11.7. The second-order valence-corrected chi connectivity index (χ2v) is 5.58. The van der Waals surface area contributed by atoms with Crippen LogP contribution in [0, 0.1) is 11.3 Å². The van der Waals surface area contributed by atoms with Gasteiger partial charge in [0.05, 0.1) is 23.5 Å². The first kappa shape index (κ1) is 15.7. The van der Waals surface area contributed by atoms with Gasteiger partial charge in [0.2, 0.25) is 5.91 Å². The van der Waals surface area contributed by atoms with E-state index in [-0.39, 0.29) is 11.8 Å². The second-order valence-electron chi connectivity index (χ2n) is 5.58. The van der Waals surface area contributed by atoms with Crippen molar-refractivity contribution in [2.75, 3.05) is 11.4 Å². The van der Waals surface area contributed by atoms with Crippen LogP contribution >= 0.6 is 0 Å². The van der Waals surface area contributed by atoms with Gasteiger partial charge in [0, 0.05) is 31.3 Å². The molecule has 1 aromatic carbocycles. The SMILES string of the molecule is N#Cc1cccc(C(=O)NCc2cncc(N3CCCC3=O)c2)c1. The van der Waals surface area contributed by atoms with E-state index >= 15 is 0 Å². The van der Waals surface area contributed by atoms with Crippen molar-refractivity contribution < 1.29 is 9.59 Å². The highest BCUT2D eigenvalue weighted by Crippen LogP contribution is 2.21. The van der Waals surface area contributed by atoms with Crippen LogP contribution in [0.4, 0.5) is 5.69 Å². The molecule has 1 N–H and O–H groups in total. The maximum Gasteiger partial charge on any atom is 0.251 e. The average Bonchev–Trinajstić information content (AvgIpc) is 3.06. The molecule has 1 saturated heterocycles. The molecule has 6 nitrogen and oxygen atoms in total. The summed E-state index contributed by atoms with van der Waals surface area (Å²) in [7, 11) is 0. The number of nitrogens with one attached hydrogen (secondary N) is 1. The third-order valence-corrected chi connectivity index (χ3v) is 3.87. The Kier molecular flexibility index (Phi) is 4.52. The fraction of sp³-hybridized carbons (Fsp3) is 0.222. The Morgan fingerprint density at radius 1 is 1.33 bits per heavy atom. The van der Waals surface area contributed by atoms with Gasteiger partial charge < -0.3 is 10.2 Å². The molecule has 2 heterocycles. The molecular formula is C18H16N4O2. The maximum atomic E-state index is 12.2. The number of hydrogen-bond donors (Lipinski definition) is 1. The van der Waals surface area contributed by atoms with Crippen molar-refractivity contribution in [2.24, 2.45) is 0 Å². The third kappa shape index (κ3) is 3.41. The zero-order chi connectivity index (χ0) is 16.9. The number of anilines is 1. The molecule has 0 spiro atoms. The standard InChI is InChI=1S/C18H16N4O2/c19-9-13-3-1-4-15(7-13)18(24)21-11-14-8-16(12-20-10-14)22-6-2-5-17(22)23/h1,3-4,7-8,10,12H,2,5-6,11H2,(H,21,24). The average molecular weight is 320 g/mol. The Labute approximate surface area is 139 Å². The molecule has 24 heavy (non-hydrogen) atoms. The summed E-state index contributed by atoms with van der Waals surface area (Å²) >= 11 is 0. The number of nitriles is 1. The summed E-state index contributed by atoms with van der Waals surface area (Å²) < 4.78 is 0. The molecule has 0 radical (unpaired) electrons. The normalized spacial score (nSPS) is 13.6. The highest BCUT2D eigenvalue weighted by molar-refractivity contribution is 5.95. The topological polar surface area (TPSA) is 86.1 Å². The molecule has 0 aliphatic carbocycles. The summed E-state index contributed by atoms with van der Waals surface area (Å²) in [5, 5.41) is 11.7. The molecule has 0 saturated carbocycles. The molecule has 2 aromatic rings. The van der Waals surface area contributed by atoms with Crippen LogP contribution < -0.4 is 10.2 Å². The van der Waals surface area contributed by atoms with E-state index in [4.69, 9.17) is 5.26 Å². The predicted octanol–water partition coefficient (Wildman–Crippen LogP) is 2.01. The van der Waals surface area contributed by atoms with E-state index in [0.29, 0.717) is 30.6 Å². The van der Waals surface area contributed by atoms with Gasteiger partial charge in [-0.3, -0.25) is 14.6 Å². The molecular weight excluding hydrogens is 304 g/mol. The van der Waals surface area contributed by atoms with E-state index in [0.717, 1.165) is 17.7 Å². The van der Waals surface area contributed by atoms with Crippen LogP contribution in [0.25, 0.3) is 0 Å². The van der Waals surface area contributed by atoms with Crippen molar-refractivity contribution >= 4 is 17.5 Å². The molecule has 0 bridgehead atoms. The fourth-order valence-corrected chi connectivity index (χ4v) is 2.65. The van der Waals surface area contributed by atoms with Crippen molar-refractivity contribution in [3.8, 4) is 6.07 Å². The Bertz CT molecular complexity index is 826. The summed E-state index contributed by atoms with van der Waals surface area (Å²) in [6.07, 6.45) is 4.74. The van der Waals surface area contributed by atoms with Crippen LogP contribution in [0.1, 0.15) is 34.3 Å². The Morgan fingerprint density at radius 2 is 2.21 bits per heavy atom. The van der Waals surface area contributed by atoms with Crippen LogP contribution in [0.5, 0.6) is 0 Å². The molecule has 120 valence electrons. The minimum atomic E-state index is -0.255. The Morgan fingerprint density at radius 3 is 2.96 bits per heavy atom. The highest BCUT2D eigenvalue weighted by atomic mass is 16.2. The lowest BCUT2D eigenvalue weighted by molar-refractivity contribution is -0.117. The summed E-state index contributed by atoms with van der Waals surface area (Å²) in [4.78, 5) is 29.8. The molecule has 3 rings (SSSR count). The van der Waals surface area contributed by atoms with Crippen LogP contribution in [0.3, 0.4) is 0 Å². The number of hydrogen-bond acceptors (Lipinski definition) is 4. The lowest BCUT2D eigenvalue weighted by atomic mass is 10.1. The van der Waals surface area contributed by atoms with E-state index in [1.54, 1.807) is 41.6 Å². The van der Waals surface area contributed by atoms with Gasteiger partial charge in [-0.1, -0.05) is 6.07 Å². The molecule has 1 aliphatic rings. The van der Waals surface area contributed by atoms with Crippen molar-refractivity contribution in [2.45, 2.75) is 19.4 Å². The second kappa shape index (κ2) is 6.92. The third-order valence-electron chi connectivity index (χ3n) is 3.87. The van der Waals surface area contributed by atoms with Crippen molar-refractivity contribution in [3.63, 3.8) is 0 Å². The van der Waals surface area contributed by atoms with Gasteiger partial charge in [0.15, 0.2) is 0 Å². The zero-order valence-corrected chi connectivity index (χ0v) is 13.0. The van der Waals surface area contributed by atoms with E-state index in [9.17, 15) is 9.59 Å². The van der Waals surface area contributed by atoms with Crippen LogP contribution in [-0.2, 0) is 11.3 Å². The van der Waals surface area contributed by atoms with E-state index < -0.39 is 0 Å². The largest absolute Gasteiger partial charge is 0.348 e. The molecule has 0 unspecified atom stereocenters. The molecule has 1 fully saturated rings. The molecule has 0 atom stereocenters. The van der Waals surface area contributed by atoms with E-state index in [1.807, 2.05) is 12.1 Å². The molecule has 2 amide bonds.